The minimum absolute atomic E-state index is 0.527. The third-order valence-electron chi connectivity index (χ3n) is 5.07. The van der Waals surface area contributed by atoms with Crippen LogP contribution in [0.4, 0.5) is 0 Å². The summed E-state index contributed by atoms with van der Waals surface area (Å²) in [6.07, 6.45) is 5.01. The van der Waals surface area contributed by atoms with Crippen molar-refractivity contribution in [1.29, 1.82) is 0 Å². The summed E-state index contributed by atoms with van der Waals surface area (Å²) in [5.74, 6) is 1.26. The molecule has 4 heterocycles. The third kappa shape index (κ3) is 3.64. The van der Waals surface area contributed by atoms with E-state index in [9.17, 15) is 0 Å². The number of benzene rings is 2. The first kappa shape index (κ1) is 19.3. The number of hydrogen-bond acceptors (Lipinski definition) is 7. The van der Waals surface area contributed by atoms with Crippen molar-refractivity contribution < 1.29 is 0 Å². The monoisotopic (exact) mass is 448 g/mol. The highest BCUT2D eigenvalue weighted by Crippen LogP contribution is 2.33. The molecule has 0 unspecified atom stereocenters. The average Bonchev–Trinajstić information content (AvgIpc) is 3.53. The van der Waals surface area contributed by atoms with Crippen LogP contribution < -0.4 is 0 Å². The number of pyridine rings is 1. The summed E-state index contributed by atoms with van der Waals surface area (Å²) in [5.41, 5.74) is 3.72. The molecule has 2 aromatic carbocycles. The Morgan fingerprint density at radius 2 is 1.52 bits per heavy atom. The molecule has 0 spiro atoms. The maximum Gasteiger partial charge on any atom is 0.253 e. The highest BCUT2D eigenvalue weighted by atomic mass is 32.2. The minimum Gasteiger partial charge on any atom is -0.270 e. The summed E-state index contributed by atoms with van der Waals surface area (Å²) in [7, 11) is 0. The van der Waals surface area contributed by atoms with Crippen LogP contribution in [0.25, 0.3) is 34.1 Å². The summed E-state index contributed by atoms with van der Waals surface area (Å²) >= 11 is 1.46. The van der Waals surface area contributed by atoms with Gasteiger partial charge in [0, 0.05) is 29.2 Å². The predicted octanol–water partition coefficient (Wildman–Crippen LogP) is 4.59. The molecule has 0 aliphatic carbocycles. The molecule has 9 heteroatoms. The number of fused-ring (bicyclic) bond motifs is 1. The molecule has 0 saturated heterocycles. The summed E-state index contributed by atoms with van der Waals surface area (Å²) in [6, 6.07) is 25.9. The summed E-state index contributed by atoms with van der Waals surface area (Å²) < 4.78 is 3.75. The van der Waals surface area contributed by atoms with E-state index in [4.69, 9.17) is 0 Å². The molecule has 33 heavy (non-hydrogen) atoms. The lowest BCUT2D eigenvalue weighted by molar-refractivity contribution is 0.829. The average molecular weight is 449 g/mol. The zero-order valence-corrected chi connectivity index (χ0v) is 18.0. The molecule has 0 N–H and O–H groups in total. The fourth-order valence-corrected chi connectivity index (χ4v) is 4.48. The van der Waals surface area contributed by atoms with Gasteiger partial charge >= 0.3 is 0 Å². The zero-order chi connectivity index (χ0) is 22.0. The Hall–Kier alpha value is -4.37. The Morgan fingerprint density at radius 1 is 0.758 bits per heavy atom. The van der Waals surface area contributed by atoms with E-state index in [0.29, 0.717) is 10.9 Å². The van der Waals surface area contributed by atoms with Crippen molar-refractivity contribution in [3.63, 3.8) is 0 Å². The van der Waals surface area contributed by atoms with E-state index in [1.807, 2.05) is 83.4 Å². The molecule has 4 aromatic heterocycles. The molecule has 0 radical (unpaired) electrons. The molecule has 0 saturated carbocycles. The van der Waals surface area contributed by atoms with Gasteiger partial charge in [-0.05, 0) is 42.1 Å². The van der Waals surface area contributed by atoms with Crippen molar-refractivity contribution >= 4 is 17.5 Å². The van der Waals surface area contributed by atoms with E-state index in [0.717, 1.165) is 33.4 Å². The molecule has 0 amide bonds. The number of para-hydroxylation sites is 1. The highest BCUT2D eigenvalue weighted by molar-refractivity contribution is 7.99. The molecule has 0 atom stereocenters. The second-order valence-electron chi connectivity index (χ2n) is 7.13. The van der Waals surface area contributed by atoms with Gasteiger partial charge in [0.2, 0.25) is 5.16 Å². The van der Waals surface area contributed by atoms with E-state index >= 15 is 0 Å². The van der Waals surface area contributed by atoms with Crippen molar-refractivity contribution in [2.75, 3.05) is 0 Å². The van der Waals surface area contributed by atoms with Crippen LogP contribution in [0, 0.1) is 0 Å². The van der Waals surface area contributed by atoms with Gasteiger partial charge in [-0.15, -0.1) is 10.2 Å². The maximum atomic E-state index is 4.67. The first-order valence-corrected chi connectivity index (χ1v) is 11.0. The molecular formula is C24H16N8S. The lowest BCUT2D eigenvalue weighted by atomic mass is 10.1. The molecule has 0 fully saturated rings. The molecule has 0 bridgehead atoms. The van der Waals surface area contributed by atoms with Crippen molar-refractivity contribution in [3.05, 3.63) is 97.6 Å². The Kier molecular flexibility index (Phi) is 4.85. The van der Waals surface area contributed by atoms with Crippen molar-refractivity contribution in [1.82, 2.24) is 39.3 Å². The fourth-order valence-electron chi connectivity index (χ4n) is 3.54. The Bertz CT molecular complexity index is 1530. The van der Waals surface area contributed by atoms with Crippen molar-refractivity contribution in [2.24, 2.45) is 0 Å². The van der Waals surface area contributed by atoms with Gasteiger partial charge in [0.05, 0.1) is 5.69 Å². The molecule has 158 valence electrons. The van der Waals surface area contributed by atoms with E-state index in [1.165, 1.54) is 18.1 Å². The Balaban J connectivity index is 1.51. The summed E-state index contributed by atoms with van der Waals surface area (Å²) in [5, 5.41) is 15.0. The molecule has 6 aromatic rings. The van der Waals surface area contributed by atoms with Gasteiger partial charge in [0.25, 0.3) is 5.78 Å². The van der Waals surface area contributed by atoms with E-state index in [2.05, 4.69) is 30.2 Å². The molecule has 0 aliphatic rings. The van der Waals surface area contributed by atoms with E-state index < -0.39 is 0 Å². The lowest BCUT2D eigenvalue weighted by Gasteiger charge is -2.11. The highest BCUT2D eigenvalue weighted by Gasteiger charge is 2.19. The maximum absolute atomic E-state index is 4.67. The molecule has 8 nitrogen and oxygen atoms in total. The number of rotatable bonds is 5. The normalized spacial score (nSPS) is 11.2. The van der Waals surface area contributed by atoms with Crippen LogP contribution in [-0.2, 0) is 0 Å². The van der Waals surface area contributed by atoms with Crippen LogP contribution in [0.3, 0.4) is 0 Å². The van der Waals surface area contributed by atoms with Gasteiger partial charge in [-0.2, -0.15) is 14.6 Å². The van der Waals surface area contributed by atoms with Crippen molar-refractivity contribution in [3.8, 4) is 28.3 Å². The van der Waals surface area contributed by atoms with Crippen molar-refractivity contribution in [2.45, 2.75) is 10.2 Å². The van der Waals surface area contributed by atoms with Gasteiger partial charge in [0.1, 0.15) is 11.4 Å². The fraction of sp³-hybridized carbons (Fsp3) is 0. The van der Waals surface area contributed by atoms with Crippen LogP contribution >= 0.6 is 11.8 Å². The van der Waals surface area contributed by atoms with E-state index in [1.54, 1.807) is 16.9 Å². The Morgan fingerprint density at radius 3 is 2.30 bits per heavy atom. The quantitative estimate of drug-likeness (QED) is 0.357. The third-order valence-corrected chi connectivity index (χ3v) is 6.02. The SMILES string of the molecule is c1ccc(-c2cc(Sc3nnc(-c4ccncc4)n3-c3ccccc3)n3ncnc3n2)cc1. The standard InChI is InChI=1S/C24H16N8S/c1-3-7-17(8-4-1)20-15-21(32-23(28-20)26-16-27-32)33-24-30-29-22(18-11-13-25-14-12-18)31(24)19-9-5-2-6-10-19/h1-16H. The van der Waals surface area contributed by atoms with E-state index in [-0.39, 0.29) is 0 Å². The van der Waals surface area contributed by atoms with Crippen LogP contribution in [0.2, 0.25) is 0 Å². The van der Waals surface area contributed by atoms with Crippen LogP contribution in [0.1, 0.15) is 0 Å². The second-order valence-corrected chi connectivity index (χ2v) is 8.12. The van der Waals surface area contributed by atoms with Crippen LogP contribution in [0.5, 0.6) is 0 Å². The minimum atomic E-state index is 0.527. The molecule has 0 aliphatic heterocycles. The van der Waals surface area contributed by atoms with Gasteiger partial charge < -0.3 is 0 Å². The van der Waals surface area contributed by atoms with Gasteiger partial charge in [-0.25, -0.2) is 4.98 Å². The largest absolute Gasteiger partial charge is 0.270 e. The van der Waals surface area contributed by atoms with Crippen LogP contribution in [0.15, 0.2) is 108 Å². The number of nitrogens with zero attached hydrogens (tertiary/aromatic N) is 8. The number of aromatic nitrogens is 8. The summed E-state index contributed by atoms with van der Waals surface area (Å²) in [4.78, 5) is 13.1. The smallest absolute Gasteiger partial charge is 0.253 e. The predicted molar refractivity (Wildman–Crippen MR) is 125 cm³/mol. The van der Waals surface area contributed by atoms with Gasteiger partial charge in [-0.1, -0.05) is 48.5 Å². The molecule has 6 rings (SSSR count). The first-order valence-electron chi connectivity index (χ1n) is 10.2. The first-order chi connectivity index (χ1) is 16.4. The topological polar surface area (TPSA) is 86.7 Å². The van der Waals surface area contributed by atoms with Gasteiger partial charge in [-0.3, -0.25) is 9.55 Å². The lowest BCUT2D eigenvalue weighted by Crippen LogP contribution is -2.02. The Labute approximate surface area is 193 Å². The van der Waals surface area contributed by atoms with Gasteiger partial charge in [0.15, 0.2) is 5.82 Å². The second kappa shape index (κ2) is 8.29. The summed E-state index contributed by atoms with van der Waals surface area (Å²) in [6.45, 7) is 0. The number of hydrogen-bond donors (Lipinski definition) is 0. The molecular weight excluding hydrogens is 432 g/mol. The zero-order valence-electron chi connectivity index (χ0n) is 17.2. The van der Waals surface area contributed by atoms with Crippen LogP contribution in [-0.4, -0.2) is 39.3 Å².